The van der Waals surface area contributed by atoms with Crippen LogP contribution in [0.2, 0.25) is 5.02 Å². The van der Waals surface area contributed by atoms with Crippen molar-refractivity contribution >= 4 is 17.6 Å². The van der Waals surface area contributed by atoms with Crippen molar-refractivity contribution in [3.8, 4) is 17.2 Å². The Morgan fingerprint density at radius 1 is 0.938 bits per heavy atom. The van der Waals surface area contributed by atoms with Gasteiger partial charge in [-0.25, -0.2) is 4.79 Å². The van der Waals surface area contributed by atoms with Gasteiger partial charge in [-0.05, 0) is 61.2 Å². The van der Waals surface area contributed by atoms with Crippen molar-refractivity contribution in [1.29, 1.82) is 0 Å². The predicted octanol–water partition coefficient (Wildman–Crippen LogP) is 5.29. The van der Waals surface area contributed by atoms with E-state index in [9.17, 15) is 4.79 Å². The fourth-order valence-electron chi connectivity index (χ4n) is 3.19. The smallest absolute Gasteiger partial charge is 0.338 e. The first-order valence-corrected chi connectivity index (χ1v) is 10.7. The molecule has 0 saturated carbocycles. The molecule has 32 heavy (non-hydrogen) atoms. The third-order valence-electron chi connectivity index (χ3n) is 4.84. The third-order valence-corrected chi connectivity index (χ3v) is 5.14. The highest BCUT2D eigenvalue weighted by molar-refractivity contribution is 6.32. The second-order valence-corrected chi connectivity index (χ2v) is 7.40. The number of benzene rings is 2. The number of rotatable bonds is 10. The number of aryl methyl sites for hydroxylation is 2. The number of carbonyl (C=O) groups excluding carboxylic acids is 1. The van der Waals surface area contributed by atoms with Crippen LogP contribution in [0.25, 0.3) is 0 Å². The maximum atomic E-state index is 11.8. The minimum Gasteiger partial charge on any atom is -0.497 e. The van der Waals surface area contributed by atoms with E-state index in [1.807, 2.05) is 24.3 Å². The van der Waals surface area contributed by atoms with Crippen molar-refractivity contribution in [3.63, 3.8) is 0 Å². The summed E-state index contributed by atoms with van der Waals surface area (Å²) in [6, 6.07) is 14.7. The van der Waals surface area contributed by atoms with Crippen molar-refractivity contribution in [2.24, 2.45) is 0 Å². The molecule has 0 saturated heterocycles. The van der Waals surface area contributed by atoms with Gasteiger partial charge in [0.25, 0.3) is 0 Å². The number of aromatic nitrogens is 1. The Hall–Kier alpha value is -3.25. The van der Waals surface area contributed by atoms with Crippen LogP contribution < -0.4 is 14.2 Å². The Morgan fingerprint density at radius 2 is 1.62 bits per heavy atom. The van der Waals surface area contributed by atoms with E-state index in [0.29, 0.717) is 47.5 Å². The Bertz CT molecular complexity index is 1030. The van der Waals surface area contributed by atoms with Crippen LogP contribution in [0, 0.1) is 0 Å². The van der Waals surface area contributed by atoms with Crippen molar-refractivity contribution in [1.82, 2.24) is 4.98 Å². The zero-order chi connectivity index (χ0) is 22.9. The van der Waals surface area contributed by atoms with Crippen molar-refractivity contribution in [2.45, 2.75) is 26.4 Å². The van der Waals surface area contributed by atoms with E-state index in [1.54, 1.807) is 51.6 Å². The molecule has 1 aromatic heterocycles. The highest BCUT2D eigenvalue weighted by Gasteiger charge is 2.12. The molecule has 168 valence electrons. The van der Waals surface area contributed by atoms with Gasteiger partial charge in [-0.1, -0.05) is 23.7 Å². The number of nitrogens with zero attached hydrogens (tertiary/aromatic N) is 1. The molecular formula is C25H26ClNO5. The SMILES string of the molecule is CCOC(=O)c1ccc(CCc2nccc(Cl)c2OCc2cc(OC)cc(OC)c2)cc1. The van der Waals surface area contributed by atoms with Gasteiger partial charge < -0.3 is 18.9 Å². The molecule has 0 spiro atoms. The summed E-state index contributed by atoms with van der Waals surface area (Å²) in [5, 5.41) is 0.502. The van der Waals surface area contributed by atoms with E-state index in [4.69, 9.17) is 30.5 Å². The van der Waals surface area contributed by atoms with Gasteiger partial charge >= 0.3 is 5.97 Å². The zero-order valence-corrected chi connectivity index (χ0v) is 19.1. The van der Waals surface area contributed by atoms with E-state index < -0.39 is 0 Å². The number of pyridine rings is 1. The quantitative estimate of drug-likeness (QED) is 0.387. The lowest BCUT2D eigenvalue weighted by atomic mass is 10.1. The minimum absolute atomic E-state index is 0.292. The first kappa shape index (κ1) is 23.4. The predicted molar refractivity (Wildman–Crippen MR) is 123 cm³/mol. The van der Waals surface area contributed by atoms with Crippen LogP contribution in [0.4, 0.5) is 0 Å². The van der Waals surface area contributed by atoms with Gasteiger partial charge in [0.1, 0.15) is 18.1 Å². The summed E-state index contributed by atoms with van der Waals surface area (Å²) in [5.41, 5.74) is 3.26. The van der Waals surface area contributed by atoms with Crippen LogP contribution in [0.1, 0.15) is 34.1 Å². The first-order valence-electron chi connectivity index (χ1n) is 10.3. The number of hydrogen-bond donors (Lipinski definition) is 0. The van der Waals surface area contributed by atoms with E-state index in [1.165, 1.54) is 0 Å². The summed E-state index contributed by atoms with van der Waals surface area (Å²) in [6.45, 7) is 2.43. The van der Waals surface area contributed by atoms with Crippen LogP contribution in [0.5, 0.6) is 17.2 Å². The molecule has 6 nitrogen and oxygen atoms in total. The molecule has 0 aliphatic rings. The van der Waals surface area contributed by atoms with Gasteiger partial charge in [-0.2, -0.15) is 0 Å². The second-order valence-electron chi connectivity index (χ2n) is 7.00. The van der Waals surface area contributed by atoms with Crippen molar-refractivity contribution in [3.05, 3.63) is 82.1 Å². The maximum absolute atomic E-state index is 11.8. The molecule has 0 N–H and O–H groups in total. The summed E-state index contributed by atoms with van der Waals surface area (Å²) in [7, 11) is 3.21. The van der Waals surface area contributed by atoms with Gasteiger partial charge in [0, 0.05) is 12.3 Å². The van der Waals surface area contributed by atoms with Crippen LogP contribution in [0.3, 0.4) is 0 Å². The highest BCUT2D eigenvalue weighted by Crippen LogP contribution is 2.30. The molecule has 0 fully saturated rings. The Balaban J connectivity index is 1.69. The monoisotopic (exact) mass is 455 g/mol. The third kappa shape index (κ3) is 6.14. The van der Waals surface area contributed by atoms with Gasteiger partial charge in [0.05, 0.1) is 37.1 Å². The summed E-state index contributed by atoms with van der Waals surface area (Å²) in [5.74, 6) is 1.61. The molecule has 0 bridgehead atoms. The lowest BCUT2D eigenvalue weighted by molar-refractivity contribution is 0.0526. The molecule has 0 radical (unpaired) electrons. The van der Waals surface area contributed by atoms with Crippen molar-refractivity contribution < 1.29 is 23.7 Å². The zero-order valence-electron chi connectivity index (χ0n) is 18.4. The lowest BCUT2D eigenvalue weighted by Crippen LogP contribution is -2.05. The number of carbonyl (C=O) groups is 1. The molecule has 0 amide bonds. The fraction of sp³-hybridized carbons (Fsp3) is 0.280. The van der Waals surface area contributed by atoms with Crippen LogP contribution in [-0.4, -0.2) is 31.8 Å². The van der Waals surface area contributed by atoms with E-state index in [0.717, 1.165) is 23.2 Å². The van der Waals surface area contributed by atoms with Gasteiger partial charge in [-0.15, -0.1) is 0 Å². The molecule has 2 aromatic carbocycles. The lowest BCUT2D eigenvalue weighted by Gasteiger charge is -2.14. The molecule has 0 aliphatic carbocycles. The first-order chi connectivity index (χ1) is 15.5. The maximum Gasteiger partial charge on any atom is 0.338 e. The number of esters is 1. The molecule has 3 aromatic rings. The van der Waals surface area contributed by atoms with Crippen LogP contribution >= 0.6 is 11.6 Å². The number of methoxy groups -OCH3 is 2. The average Bonchev–Trinajstić information content (AvgIpc) is 2.82. The summed E-state index contributed by atoms with van der Waals surface area (Å²) in [6.07, 6.45) is 3.03. The molecule has 3 rings (SSSR count). The van der Waals surface area contributed by atoms with Gasteiger partial charge in [0.15, 0.2) is 5.75 Å². The highest BCUT2D eigenvalue weighted by atomic mass is 35.5. The van der Waals surface area contributed by atoms with Gasteiger partial charge in [0.2, 0.25) is 0 Å². The van der Waals surface area contributed by atoms with E-state index >= 15 is 0 Å². The van der Waals surface area contributed by atoms with Gasteiger partial charge in [-0.3, -0.25) is 4.98 Å². The molecule has 0 aliphatic heterocycles. The number of halogens is 1. The topological polar surface area (TPSA) is 66.9 Å². The van der Waals surface area contributed by atoms with E-state index in [2.05, 4.69) is 4.98 Å². The number of ether oxygens (including phenoxy) is 4. The molecule has 7 heteroatoms. The molecular weight excluding hydrogens is 430 g/mol. The molecule has 1 heterocycles. The Morgan fingerprint density at radius 3 is 2.25 bits per heavy atom. The molecule has 0 atom stereocenters. The minimum atomic E-state index is -0.319. The Labute approximate surface area is 193 Å². The standard InChI is InChI=1S/C25H26ClNO5/c1-4-31-25(28)19-8-5-17(6-9-19)7-10-23-24(22(26)11-12-27-23)32-16-18-13-20(29-2)15-21(14-18)30-3/h5-6,8-9,11-15H,4,7,10,16H2,1-3H3. The second kappa shape index (κ2) is 11.4. The van der Waals surface area contributed by atoms with E-state index in [-0.39, 0.29) is 5.97 Å². The summed E-state index contributed by atoms with van der Waals surface area (Å²) in [4.78, 5) is 16.3. The van der Waals surface area contributed by atoms with Crippen LogP contribution in [0.15, 0.2) is 54.7 Å². The van der Waals surface area contributed by atoms with Crippen LogP contribution in [-0.2, 0) is 24.2 Å². The number of hydrogen-bond acceptors (Lipinski definition) is 6. The average molecular weight is 456 g/mol. The summed E-state index contributed by atoms with van der Waals surface area (Å²) >= 11 is 6.41. The fourth-order valence-corrected chi connectivity index (χ4v) is 3.40. The normalized spacial score (nSPS) is 10.5. The molecule has 0 unspecified atom stereocenters. The largest absolute Gasteiger partial charge is 0.497 e. The summed E-state index contributed by atoms with van der Waals surface area (Å²) < 4.78 is 21.7. The van der Waals surface area contributed by atoms with Crippen molar-refractivity contribution in [2.75, 3.05) is 20.8 Å². The Kier molecular flexibility index (Phi) is 8.34.